The summed E-state index contributed by atoms with van der Waals surface area (Å²) in [5.41, 5.74) is 9.12. The number of nitrogens with one attached hydrogen (secondary N) is 1. The van der Waals surface area contributed by atoms with Gasteiger partial charge >= 0.3 is 0 Å². The summed E-state index contributed by atoms with van der Waals surface area (Å²) in [4.78, 5) is 12.2. The minimum Gasteiger partial charge on any atom is -0.399 e. The monoisotopic (exact) mass is 258 g/mol. The summed E-state index contributed by atoms with van der Waals surface area (Å²) in [5, 5.41) is 7.04. The minimum absolute atomic E-state index is 0.101. The first-order valence-electron chi connectivity index (χ1n) is 6.15. The maximum atomic E-state index is 12.2. The molecule has 1 heterocycles. The van der Waals surface area contributed by atoms with Gasteiger partial charge in [0, 0.05) is 17.6 Å². The van der Waals surface area contributed by atoms with Gasteiger partial charge in [0.2, 0.25) is 5.91 Å². The summed E-state index contributed by atoms with van der Waals surface area (Å²) in [7, 11) is 0. The highest BCUT2D eigenvalue weighted by Gasteiger charge is 2.16. The van der Waals surface area contributed by atoms with E-state index in [1.807, 2.05) is 39.1 Å². The molecule has 0 fully saturated rings. The molecule has 0 aliphatic carbocycles. The number of hydrogen-bond donors (Lipinski definition) is 2. The summed E-state index contributed by atoms with van der Waals surface area (Å²) in [6.45, 7) is 5.67. The Morgan fingerprint density at radius 3 is 2.74 bits per heavy atom. The second-order valence-corrected chi connectivity index (χ2v) is 4.74. The molecule has 2 rings (SSSR count). The van der Waals surface area contributed by atoms with Crippen molar-refractivity contribution in [2.24, 2.45) is 0 Å². The highest BCUT2D eigenvalue weighted by atomic mass is 16.2. The van der Waals surface area contributed by atoms with Gasteiger partial charge in [-0.25, -0.2) is 0 Å². The molecule has 0 aliphatic rings. The predicted octanol–water partition coefficient (Wildman–Crippen LogP) is 2.28. The Balaban J connectivity index is 2.12. The van der Waals surface area contributed by atoms with Crippen LogP contribution in [0.1, 0.15) is 24.1 Å². The van der Waals surface area contributed by atoms with Crippen molar-refractivity contribution >= 4 is 17.3 Å². The van der Waals surface area contributed by atoms with E-state index in [2.05, 4.69) is 10.4 Å². The van der Waals surface area contributed by atoms with Crippen LogP contribution in [0.2, 0.25) is 0 Å². The number of anilines is 2. The van der Waals surface area contributed by atoms with Crippen LogP contribution in [0.25, 0.3) is 0 Å². The molecule has 19 heavy (non-hydrogen) atoms. The highest BCUT2D eigenvalue weighted by Crippen LogP contribution is 2.19. The molecule has 5 heteroatoms. The quantitative estimate of drug-likeness (QED) is 0.829. The number of rotatable bonds is 3. The molecule has 1 unspecified atom stereocenters. The third-order valence-electron chi connectivity index (χ3n) is 3.02. The van der Waals surface area contributed by atoms with Crippen molar-refractivity contribution < 1.29 is 4.79 Å². The van der Waals surface area contributed by atoms with E-state index in [0.29, 0.717) is 5.69 Å². The number of nitrogens with zero attached hydrogens (tertiary/aromatic N) is 2. The molecule has 0 bridgehead atoms. The normalized spacial score (nSPS) is 12.2. The number of nitrogens with two attached hydrogens (primary N) is 1. The van der Waals surface area contributed by atoms with Gasteiger partial charge in [0.1, 0.15) is 6.04 Å². The fourth-order valence-electron chi connectivity index (χ4n) is 1.83. The molecular formula is C14H18N4O. The van der Waals surface area contributed by atoms with Gasteiger partial charge < -0.3 is 11.1 Å². The molecule has 0 spiro atoms. The Labute approximate surface area is 112 Å². The molecular weight excluding hydrogens is 240 g/mol. The second kappa shape index (κ2) is 5.14. The van der Waals surface area contributed by atoms with Gasteiger partial charge in [-0.3, -0.25) is 9.48 Å². The first-order valence-corrected chi connectivity index (χ1v) is 6.15. The molecule has 0 radical (unpaired) electrons. The lowest BCUT2D eigenvalue weighted by molar-refractivity contribution is -0.119. The van der Waals surface area contributed by atoms with Crippen molar-refractivity contribution in [3.63, 3.8) is 0 Å². The number of benzene rings is 1. The van der Waals surface area contributed by atoms with E-state index in [1.165, 1.54) is 0 Å². The summed E-state index contributed by atoms with van der Waals surface area (Å²) in [6.07, 6.45) is 3.58. The van der Waals surface area contributed by atoms with Crippen LogP contribution in [0.15, 0.2) is 30.6 Å². The third kappa shape index (κ3) is 2.93. The molecule has 0 saturated heterocycles. The number of amides is 1. The maximum absolute atomic E-state index is 12.2. The third-order valence-corrected chi connectivity index (χ3v) is 3.02. The number of hydrogen-bond acceptors (Lipinski definition) is 3. The largest absolute Gasteiger partial charge is 0.399 e. The molecule has 1 amide bonds. The Bertz CT molecular complexity index is 603. The summed E-state index contributed by atoms with van der Waals surface area (Å²) >= 11 is 0. The fraction of sp³-hybridized carbons (Fsp3) is 0.286. The zero-order valence-corrected chi connectivity index (χ0v) is 11.3. The predicted molar refractivity (Wildman–Crippen MR) is 75.9 cm³/mol. The van der Waals surface area contributed by atoms with Gasteiger partial charge in [-0.15, -0.1) is 0 Å². The molecule has 1 atom stereocenters. The van der Waals surface area contributed by atoms with Crippen molar-refractivity contribution in [2.75, 3.05) is 11.1 Å². The summed E-state index contributed by atoms with van der Waals surface area (Å²) in [5.74, 6) is -0.101. The van der Waals surface area contributed by atoms with Crippen molar-refractivity contribution in [3.05, 3.63) is 41.7 Å². The van der Waals surface area contributed by atoms with E-state index in [1.54, 1.807) is 16.9 Å². The van der Waals surface area contributed by atoms with Gasteiger partial charge in [-0.1, -0.05) is 0 Å². The van der Waals surface area contributed by atoms with Crippen LogP contribution >= 0.6 is 0 Å². The molecule has 100 valence electrons. The van der Waals surface area contributed by atoms with Crippen LogP contribution in [-0.4, -0.2) is 15.7 Å². The Hall–Kier alpha value is -2.30. The van der Waals surface area contributed by atoms with Crippen molar-refractivity contribution in [2.45, 2.75) is 26.8 Å². The molecule has 0 saturated carbocycles. The number of aryl methyl sites for hydroxylation is 2. The topological polar surface area (TPSA) is 72.9 Å². The van der Waals surface area contributed by atoms with Crippen molar-refractivity contribution in [1.29, 1.82) is 0 Å². The van der Waals surface area contributed by atoms with E-state index in [0.717, 1.165) is 16.8 Å². The zero-order chi connectivity index (χ0) is 14.0. The Kier molecular flexibility index (Phi) is 3.55. The van der Waals surface area contributed by atoms with Crippen LogP contribution in [-0.2, 0) is 4.79 Å². The van der Waals surface area contributed by atoms with Crippen LogP contribution in [0.4, 0.5) is 11.4 Å². The molecule has 1 aromatic heterocycles. The number of aromatic nitrogens is 2. The van der Waals surface area contributed by atoms with Crippen LogP contribution in [0.3, 0.4) is 0 Å². The second-order valence-electron chi connectivity index (χ2n) is 4.74. The molecule has 3 N–H and O–H groups in total. The molecule has 0 aliphatic heterocycles. The zero-order valence-electron chi connectivity index (χ0n) is 11.3. The van der Waals surface area contributed by atoms with Gasteiger partial charge in [0.25, 0.3) is 0 Å². The van der Waals surface area contributed by atoms with Crippen molar-refractivity contribution in [3.8, 4) is 0 Å². The van der Waals surface area contributed by atoms with E-state index >= 15 is 0 Å². The van der Waals surface area contributed by atoms with Crippen LogP contribution < -0.4 is 11.1 Å². The number of carbonyl (C=O) groups excluding carboxylic acids is 1. The van der Waals surface area contributed by atoms with Crippen LogP contribution in [0.5, 0.6) is 0 Å². The van der Waals surface area contributed by atoms with E-state index < -0.39 is 0 Å². The van der Waals surface area contributed by atoms with Gasteiger partial charge in [0.15, 0.2) is 0 Å². The maximum Gasteiger partial charge on any atom is 0.248 e. The van der Waals surface area contributed by atoms with Gasteiger partial charge in [-0.05, 0) is 50.1 Å². The minimum atomic E-state index is -0.356. The fourth-order valence-corrected chi connectivity index (χ4v) is 1.83. The lowest BCUT2D eigenvalue weighted by Crippen LogP contribution is -2.24. The lowest BCUT2D eigenvalue weighted by Gasteiger charge is -2.14. The van der Waals surface area contributed by atoms with Gasteiger partial charge in [-0.2, -0.15) is 5.10 Å². The van der Waals surface area contributed by atoms with E-state index in [4.69, 9.17) is 5.73 Å². The summed E-state index contributed by atoms with van der Waals surface area (Å²) in [6, 6.07) is 5.05. The first-order chi connectivity index (χ1) is 8.97. The van der Waals surface area contributed by atoms with E-state index in [-0.39, 0.29) is 11.9 Å². The molecule has 5 nitrogen and oxygen atoms in total. The Morgan fingerprint density at radius 1 is 1.42 bits per heavy atom. The average molecular weight is 258 g/mol. The lowest BCUT2D eigenvalue weighted by atomic mass is 10.1. The number of carbonyl (C=O) groups is 1. The van der Waals surface area contributed by atoms with Crippen LogP contribution in [0, 0.1) is 13.8 Å². The van der Waals surface area contributed by atoms with Crippen molar-refractivity contribution in [1.82, 2.24) is 9.78 Å². The number of nitrogen functional groups attached to an aromatic ring is 1. The highest BCUT2D eigenvalue weighted by molar-refractivity contribution is 5.94. The SMILES string of the molecule is Cc1cnn(C(C)C(=O)Nc2ccc(N)cc2C)c1. The average Bonchev–Trinajstić information content (AvgIpc) is 2.78. The van der Waals surface area contributed by atoms with E-state index in [9.17, 15) is 4.79 Å². The molecule has 1 aromatic carbocycles. The first kappa shape index (κ1) is 13.1. The Morgan fingerprint density at radius 2 is 2.16 bits per heavy atom. The smallest absolute Gasteiger partial charge is 0.248 e. The molecule has 2 aromatic rings. The summed E-state index contributed by atoms with van der Waals surface area (Å²) < 4.78 is 1.65. The van der Waals surface area contributed by atoms with Gasteiger partial charge in [0.05, 0.1) is 6.20 Å². The standard InChI is InChI=1S/C14H18N4O/c1-9-7-16-18(8-9)11(3)14(19)17-13-5-4-12(15)6-10(13)2/h4-8,11H,15H2,1-3H3,(H,17,19).